The maximum absolute atomic E-state index is 13.7. The lowest BCUT2D eigenvalue weighted by atomic mass is 9.88. The van der Waals surface area contributed by atoms with Crippen LogP contribution in [0.15, 0.2) is 340 Å². The van der Waals surface area contributed by atoms with E-state index in [1.54, 1.807) is 40.6 Å². The number of terminal acetylenes is 2. The molecule has 0 radical (unpaired) electrons. The van der Waals surface area contributed by atoms with Crippen molar-refractivity contribution < 1.29 is 23.7 Å². The quantitative estimate of drug-likeness (QED) is 0.128. The van der Waals surface area contributed by atoms with Crippen LogP contribution in [0, 0.1) is 38.5 Å². The summed E-state index contributed by atoms with van der Waals surface area (Å²) in [5.74, 6) is 8.11. The van der Waals surface area contributed by atoms with Crippen LogP contribution in [-0.2, 0) is 4.79 Å². The number of allylic oxidation sites excluding steroid dienone is 4. The van der Waals surface area contributed by atoms with Gasteiger partial charge in [-0.15, -0.1) is 12.8 Å². The summed E-state index contributed by atoms with van der Waals surface area (Å²) in [6.45, 7) is 4.00. The Bertz CT molecular complexity index is 5810. The average molecular weight is 1420 g/mol. The highest BCUT2D eigenvalue weighted by molar-refractivity contribution is 6.61. The standard InChI is InChI=1S/2C28H18.C27H16O.C12H10O2.C10H14O2/c2*1-3-9-19(10-4-1)22-17-18-23(20-11-5-2-6-12-20)28-25-16-8-14-21-13-7-15-24(26(21)25)27(22)28;28-27-23(18-9-3-1-4-10-18)25-20-15-7-13-17-14-8-16-21(22(17)20)26(25)24(27)19-11-5-2-6-12-19;1-5-9-7-12(14-4)10(6-2)8-11(9)13-3;1-7-5-10(12-4)8(2)6-9(7)11-3/h2*1-18H;1-16H;1-2,7-8H,3-4H3;5-6H,1-4H3. The Morgan fingerprint density at radius 3 is 0.718 bits per heavy atom. The molecule has 0 unspecified atom stereocenters. The smallest absolute Gasteiger partial charge is 0.195 e. The molecule has 16 aromatic carbocycles. The van der Waals surface area contributed by atoms with Crippen LogP contribution in [-0.4, -0.2) is 34.2 Å². The van der Waals surface area contributed by atoms with Crippen molar-refractivity contribution in [2.24, 2.45) is 0 Å². The fourth-order valence-electron chi connectivity index (χ4n) is 16.3. The molecule has 16 aromatic rings. The van der Waals surface area contributed by atoms with Gasteiger partial charge < -0.3 is 18.9 Å². The minimum atomic E-state index is 0.119. The SMILES string of the molecule is C#Cc1cc(OC)c(C#C)cc1OC.COc1cc(C)c(OC)cc1C.O=C1C(c2ccccc2)=C2C(=C1c1ccccc1)c1cccc3cccc2c13.c1ccc(-c2ccc(-c3ccccc3)c3c2-c2cccc4cccc-3c24)cc1.c1ccc(-c2ccc(-c3ccccc3)c3c2-c2cccc4cccc-3c24)cc1. The first-order valence-electron chi connectivity index (χ1n) is 36.8. The monoisotopic (exact) mass is 1420 g/mol. The van der Waals surface area contributed by atoms with E-state index in [0.29, 0.717) is 22.6 Å². The topological polar surface area (TPSA) is 54.0 Å². The van der Waals surface area contributed by atoms with E-state index < -0.39 is 0 Å². The number of ketones is 1. The molecular formula is C105H76O5. The van der Waals surface area contributed by atoms with Crippen molar-refractivity contribution in [2.45, 2.75) is 13.8 Å². The van der Waals surface area contributed by atoms with E-state index in [1.165, 1.54) is 132 Å². The lowest BCUT2D eigenvalue weighted by Gasteiger charge is -2.15. The molecule has 5 nitrogen and oxygen atoms in total. The molecule has 0 spiro atoms. The van der Waals surface area contributed by atoms with Gasteiger partial charge in [-0.1, -0.05) is 327 Å². The van der Waals surface area contributed by atoms with Gasteiger partial charge in [0.15, 0.2) is 5.78 Å². The third kappa shape index (κ3) is 12.7. The number of rotatable bonds is 10. The van der Waals surface area contributed by atoms with Gasteiger partial charge in [-0.2, -0.15) is 0 Å². The fourth-order valence-corrected chi connectivity index (χ4v) is 16.3. The zero-order chi connectivity index (χ0) is 75.4. The predicted molar refractivity (Wildman–Crippen MR) is 458 cm³/mol. The highest BCUT2D eigenvalue weighted by Crippen LogP contribution is 2.59. The number of fused-ring (bicyclic) bond motifs is 9. The van der Waals surface area contributed by atoms with E-state index in [4.69, 9.17) is 31.8 Å². The van der Waals surface area contributed by atoms with E-state index in [-0.39, 0.29) is 5.78 Å². The van der Waals surface area contributed by atoms with Crippen LogP contribution in [0.2, 0.25) is 0 Å². The number of hydrogen-bond acceptors (Lipinski definition) is 5. The first-order chi connectivity index (χ1) is 54.1. The number of Topliss-reactive ketones (excluding diaryl/α,β-unsaturated/α-hetero) is 1. The molecule has 0 saturated heterocycles. The van der Waals surface area contributed by atoms with E-state index in [2.05, 4.69) is 267 Å². The highest BCUT2D eigenvalue weighted by Gasteiger charge is 2.40. The van der Waals surface area contributed by atoms with Gasteiger partial charge in [0.2, 0.25) is 0 Å². The van der Waals surface area contributed by atoms with Gasteiger partial charge in [0.25, 0.3) is 0 Å². The molecule has 110 heavy (non-hydrogen) atoms. The molecule has 0 fully saturated rings. The normalized spacial score (nSPS) is 11.8. The van der Waals surface area contributed by atoms with E-state index in [1.807, 2.05) is 86.6 Å². The third-order valence-electron chi connectivity index (χ3n) is 21.2. The number of aryl methyl sites for hydroxylation is 2. The summed E-state index contributed by atoms with van der Waals surface area (Å²) in [5.41, 5.74) is 32.7. The van der Waals surface area contributed by atoms with Crippen molar-refractivity contribution in [3.8, 4) is 137 Å². The predicted octanol–water partition coefficient (Wildman–Crippen LogP) is 25.9. The number of methoxy groups -OCH3 is 4. The zero-order valence-electron chi connectivity index (χ0n) is 62.0. The second-order valence-electron chi connectivity index (χ2n) is 27.3. The lowest BCUT2D eigenvalue weighted by molar-refractivity contribution is -0.108. The van der Waals surface area contributed by atoms with Gasteiger partial charge >= 0.3 is 0 Å². The second-order valence-corrected chi connectivity index (χ2v) is 27.3. The van der Waals surface area contributed by atoms with Crippen LogP contribution in [0.5, 0.6) is 23.0 Å². The second kappa shape index (κ2) is 30.7. The number of benzene rings is 16. The minimum Gasteiger partial charge on any atom is -0.496 e. The Morgan fingerprint density at radius 1 is 0.236 bits per heavy atom. The molecule has 0 aliphatic heterocycles. The molecule has 0 N–H and O–H groups in total. The molecule has 0 bridgehead atoms. The Labute approximate surface area is 643 Å². The van der Waals surface area contributed by atoms with Crippen molar-refractivity contribution in [3.05, 3.63) is 384 Å². The summed E-state index contributed by atoms with van der Waals surface area (Å²) in [6.07, 6.45) is 10.6. The van der Waals surface area contributed by atoms with Crippen molar-refractivity contribution in [1.29, 1.82) is 0 Å². The molecule has 5 heteroatoms. The maximum atomic E-state index is 13.7. The molecular weight excluding hydrogens is 1340 g/mol. The summed E-state index contributed by atoms with van der Waals surface area (Å²) < 4.78 is 20.5. The molecule has 4 aliphatic carbocycles. The molecule has 20 rings (SSSR count). The van der Waals surface area contributed by atoms with Gasteiger partial charge in [0.05, 0.1) is 39.6 Å². The summed E-state index contributed by atoms with van der Waals surface area (Å²) >= 11 is 0. The molecule has 0 aromatic heterocycles. The van der Waals surface area contributed by atoms with Crippen molar-refractivity contribution in [1.82, 2.24) is 0 Å². The van der Waals surface area contributed by atoms with Crippen LogP contribution in [0.1, 0.15) is 44.5 Å². The third-order valence-corrected chi connectivity index (χ3v) is 21.2. The largest absolute Gasteiger partial charge is 0.496 e. The van der Waals surface area contributed by atoms with E-state index in [9.17, 15) is 4.79 Å². The molecule has 4 aliphatic rings. The first kappa shape index (κ1) is 70.1. The zero-order valence-corrected chi connectivity index (χ0v) is 62.0. The molecule has 0 atom stereocenters. The molecule has 526 valence electrons. The first-order valence-corrected chi connectivity index (χ1v) is 36.8. The van der Waals surface area contributed by atoms with Gasteiger partial charge in [-0.3, -0.25) is 4.79 Å². The van der Waals surface area contributed by atoms with Crippen LogP contribution < -0.4 is 18.9 Å². The number of carbonyl (C=O) groups excluding carboxylic acids is 1. The number of ether oxygens (including phenoxy) is 4. The average Bonchev–Trinajstić information content (AvgIpc) is 1.55. The summed E-state index contributed by atoms with van der Waals surface area (Å²) in [4.78, 5) is 13.7. The molecule has 0 amide bonds. The van der Waals surface area contributed by atoms with Crippen LogP contribution in [0.4, 0.5) is 0 Å². The summed E-state index contributed by atoms with van der Waals surface area (Å²) in [6, 6.07) is 119. The van der Waals surface area contributed by atoms with E-state index >= 15 is 0 Å². The van der Waals surface area contributed by atoms with E-state index in [0.717, 1.165) is 56.0 Å². The Kier molecular flexibility index (Phi) is 19.6. The van der Waals surface area contributed by atoms with Gasteiger partial charge in [-0.25, -0.2) is 0 Å². The van der Waals surface area contributed by atoms with Crippen molar-refractivity contribution in [3.63, 3.8) is 0 Å². The van der Waals surface area contributed by atoms with Crippen LogP contribution in [0.3, 0.4) is 0 Å². The molecule has 0 saturated carbocycles. The van der Waals surface area contributed by atoms with Gasteiger partial charge in [-0.05, 0) is 181 Å². The lowest BCUT2D eigenvalue weighted by Crippen LogP contribution is -2.02. The summed E-state index contributed by atoms with van der Waals surface area (Å²) in [5, 5.41) is 7.84. The Balaban J connectivity index is 0.000000108. The van der Waals surface area contributed by atoms with Crippen LogP contribution in [0.25, 0.3) is 144 Å². The van der Waals surface area contributed by atoms with Crippen LogP contribution >= 0.6 is 0 Å². The molecule has 0 heterocycles. The van der Waals surface area contributed by atoms with Gasteiger partial charge in [0, 0.05) is 34.4 Å². The van der Waals surface area contributed by atoms with Crippen molar-refractivity contribution >= 4 is 60.4 Å². The van der Waals surface area contributed by atoms with Crippen molar-refractivity contribution in [2.75, 3.05) is 28.4 Å². The highest BCUT2D eigenvalue weighted by atomic mass is 16.5. The Hall–Kier alpha value is -14.2. The summed E-state index contributed by atoms with van der Waals surface area (Å²) in [7, 11) is 6.44. The maximum Gasteiger partial charge on any atom is 0.195 e. The minimum absolute atomic E-state index is 0.119. The Morgan fingerprint density at radius 2 is 0.473 bits per heavy atom. The van der Waals surface area contributed by atoms with Gasteiger partial charge in [0.1, 0.15) is 23.0 Å². The fraction of sp³-hybridized carbons (Fsp3) is 0.0571. The number of carbonyl (C=O) groups is 1. The number of hydrogen-bond donors (Lipinski definition) is 0.